The Labute approximate surface area is 82.5 Å². The average molecular weight is 198 g/mol. The lowest BCUT2D eigenvalue weighted by atomic mass is 10.2. The summed E-state index contributed by atoms with van der Waals surface area (Å²) in [5.74, 6) is 5.63. The predicted octanol–water partition coefficient (Wildman–Crippen LogP) is 1.76. The monoisotopic (exact) mass is 197 g/mol. The molecule has 0 bridgehead atoms. The molecule has 1 aromatic rings. The molecule has 13 heavy (non-hydrogen) atoms. The van der Waals surface area contributed by atoms with Crippen LogP contribution in [0.5, 0.6) is 0 Å². The van der Waals surface area contributed by atoms with Crippen LogP contribution < -0.4 is 16.6 Å². The van der Waals surface area contributed by atoms with Crippen molar-refractivity contribution in [2.75, 3.05) is 5.01 Å². The first-order valence-electron chi connectivity index (χ1n) is 3.83. The van der Waals surface area contributed by atoms with Crippen molar-refractivity contribution in [1.29, 1.82) is 0 Å². The number of hydrazine groups is 1. The van der Waals surface area contributed by atoms with Gasteiger partial charge in [0.05, 0.1) is 5.69 Å². The molecular weight excluding hydrogens is 186 g/mol. The van der Waals surface area contributed by atoms with E-state index in [1.165, 1.54) is 11.2 Å². The van der Waals surface area contributed by atoms with Crippen molar-refractivity contribution < 1.29 is 0 Å². The van der Waals surface area contributed by atoms with Crippen molar-refractivity contribution in [3.63, 3.8) is 0 Å². The van der Waals surface area contributed by atoms with Gasteiger partial charge in [-0.05, 0) is 24.6 Å². The maximum Gasteiger partial charge on any atom is 0.0583 e. The maximum atomic E-state index is 5.92. The molecule has 0 heterocycles. The topological polar surface area (TPSA) is 55.3 Å². The number of hydrogen-bond acceptors (Lipinski definition) is 3. The molecule has 4 heteroatoms. The van der Waals surface area contributed by atoms with Gasteiger partial charge in [0, 0.05) is 17.4 Å². The van der Waals surface area contributed by atoms with E-state index in [1.807, 2.05) is 19.1 Å². The molecule has 0 unspecified atom stereocenters. The molecule has 0 aliphatic rings. The Balaban J connectivity index is 2.96. The van der Waals surface area contributed by atoms with Gasteiger partial charge in [0.25, 0.3) is 0 Å². The van der Waals surface area contributed by atoms with Crippen LogP contribution in [0.25, 0.3) is 0 Å². The second-order valence-electron chi connectivity index (χ2n) is 2.68. The summed E-state index contributed by atoms with van der Waals surface area (Å²) in [5.41, 5.74) is 7.03. The predicted molar refractivity (Wildman–Crippen MR) is 56.2 cm³/mol. The van der Waals surface area contributed by atoms with Crippen LogP contribution >= 0.6 is 11.6 Å². The van der Waals surface area contributed by atoms with E-state index in [2.05, 4.69) is 0 Å². The summed E-state index contributed by atoms with van der Waals surface area (Å²) in [6, 6.07) is 5.57. The van der Waals surface area contributed by atoms with Crippen molar-refractivity contribution >= 4 is 17.3 Å². The van der Waals surface area contributed by atoms with Gasteiger partial charge in [0.1, 0.15) is 0 Å². The van der Waals surface area contributed by atoms with Crippen LogP contribution in [-0.2, 0) is 0 Å². The van der Waals surface area contributed by atoms with Crippen LogP contribution in [-0.4, -0.2) is 0 Å². The third-order valence-corrected chi connectivity index (χ3v) is 2.11. The van der Waals surface area contributed by atoms with E-state index in [-0.39, 0.29) is 0 Å². The zero-order chi connectivity index (χ0) is 9.84. The summed E-state index contributed by atoms with van der Waals surface area (Å²) < 4.78 is 0. The lowest BCUT2D eigenvalue weighted by molar-refractivity contribution is 1.07. The number of anilines is 1. The fourth-order valence-electron chi connectivity index (χ4n) is 0.921. The molecule has 0 saturated heterocycles. The van der Waals surface area contributed by atoms with Crippen LogP contribution in [0.15, 0.2) is 30.6 Å². The first-order chi connectivity index (χ1) is 6.15. The molecular formula is C9H12ClN3. The summed E-state index contributed by atoms with van der Waals surface area (Å²) in [6.07, 6.45) is 2.93. The number of benzene rings is 1. The van der Waals surface area contributed by atoms with Gasteiger partial charge in [0.2, 0.25) is 0 Å². The van der Waals surface area contributed by atoms with Crippen molar-refractivity contribution in [1.82, 2.24) is 0 Å². The Kier molecular flexibility index (Phi) is 3.17. The Morgan fingerprint density at radius 1 is 1.46 bits per heavy atom. The first kappa shape index (κ1) is 9.89. The Hall–Kier alpha value is -1.19. The summed E-state index contributed by atoms with van der Waals surface area (Å²) >= 11 is 5.92. The maximum absolute atomic E-state index is 5.92. The number of nitrogens with zero attached hydrogens (tertiary/aromatic N) is 1. The summed E-state index contributed by atoms with van der Waals surface area (Å²) in [7, 11) is 0. The third kappa shape index (κ3) is 2.37. The molecule has 0 amide bonds. The number of halogens is 1. The molecule has 0 aliphatic carbocycles. The minimum absolute atomic E-state index is 0.693. The SMILES string of the molecule is Cc1ccc(N(N)/C=C\N)cc1Cl. The summed E-state index contributed by atoms with van der Waals surface area (Å²) in [6.45, 7) is 1.94. The molecule has 1 aromatic carbocycles. The summed E-state index contributed by atoms with van der Waals surface area (Å²) in [5, 5.41) is 2.10. The van der Waals surface area contributed by atoms with Gasteiger partial charge >= 0.3 is 0 Å². The van der Waals surface area contributed by atoms with Crippen molar-refractivity contribution in [2.45, 2.75) is 6.92 Å². The first-order valence-corrected chi connectivity index (χ1v) is 4.21. The zero-order valence-electron chi connectivity index (χ0n) is 7.37. The molecule has 4 N–H and O–H groups in total. The normalized spacial score (nSPS) is 10.7. The van der Waals surface area contributed by atoms with Crippen LogP contribution in [0.2, 0.25) is 5.02 Å². The zero-order valence-corrected chi connectivity index (χ0v) is 8.12. The third-order valence-electron chi connectivity index (χ3n) is 1.70. The molecule has 1 rings (SSSR count). The molecule has 0 aliphatic heterocycles. The smallest absolute Gasteiger partial charge is 0.0583 e. The quantitative estimate of drug-likeness (QED) is 0.561. The van der Waals surface area contributed by atoms with Crippen LogP contribution in [0, 0.1) is 6.92 Å². The van der Waals surface area contributed by atoms with Crippen molar-refractivity contribution in [3.8, 4) is 0 Å². The van der Waals surface area contributed by atoms with Gasteiger partial charge in [-0.1, -0.05) is 17.7 Å². The molecule has 0 fully saturated rings. The van der Waals surface area contributed by atoms with E-state index in [4.69, 9.17) is 23.2 Å². The van der Waals surface area contributed by atoms with E-state index in [1.54, 1.807) is 12.3 Å². The minimum atomic E-state index is 0.693. The highest BCUT2D eigenvalue weighted by Crippen LogP contribution is 2.21. The molecule has 0 spiro atoms. The number of aryl methyl sites for hydroxylation is 1. The van der Waals surface area contributed by atoms with Crippen LogP contribution in [0.1, 0.15) is 5.56 Å². The summed E-state index contributed by atoms with van der Waals surface area (Å²) in [4.78, 5) is 0. The second-order valence-corrected chi connectivity index (χ2v) is 3.09. The average Bonchev–Trinajstić information content (AvgIpc) is 2.10. The molecule has 70 valence electrons. The second kappa shape index (κ2) is 4.16. The number of nitrogens with two attached hydrogens (primary N) is 2. The fourth-order valence-corrected chi connectivity index (χ4v) is 1.10. The highest BCUT2D eigenvalue weighted by molar-refractivity contribution is 6.31. The van der Waals surface area contributed by atoms with Gasteiger partial charge in [-0.25, -0.2) is 5.84 Å². The molecule has 0 saturated carbocycles. The lowest BCUT2D eigenvalue weighted by Gasteiger charge is -2.13. The Morgan fingerprint density at radius 3 is 2.69 bits per heavy atom. The van der Waals surface area contributed by atoms with E-state index < -0.39 is 0 Å². The largest absolute Gasteiger partial charge is 0.403 e. The number of hydrogen-bond donors (Lipinski definition) is 2. The fraction of sp³-hybridized carbons (Fsp3) is 0.111. The van der Waals surface area contributed by atoms with Crippen LogP contribution in [0.3, 0.4) is 0 Å². The lowest BCUT2D eigenvalue weighted by Crippen LogP contribution is -2.24. The van der Waals surface area contributed by atoms with Crippen LogP contribution in [0.4, 0.5) is 5.69 Å². The molecule has 0 aromatic heterocycles. The van der Waals surface area contributed by atoms with Gasteiger partial charge in [-0.3, -0.25) is 5.01 Å². The molecule has 0 atom stereocenters. The standard InChI is InChI=1S/C9H12ClN3/c1-7-2-3-8(6-9(7)10)13(12)5-4-11/h2-6H,11-12H2,1H3/b5-4-. The minimum Gasteiger partial charge on any atom is -0.403 e. The molecule has 3 nitrogen and oxygen atoms in total. The van der Waals surface area contributed by atoms with Gasteiger partial charge in [-0.2, -0.15) is 0 Å². The van der Waals surface area contributed by atoms with E-state index in [9.17, 15) is 0 Å². The van der Waals surface area contributed by atoms with Gasteiger partial charge in [-0.15, -0.1) is 0 Å². The van der Waals surface area contributed by atoms with E-state index >= 15 is 0 Å². The van der Waals surface area contributed by atoms with Gasteiger partial charge < -0.3 is 5.73 Å². The Bertz CT molecular complexity index is 323. The Morgan fingerprint density at radius 2 is 2.15 bits per heavy atom. The molecule has 0 radical (unpaired) electrons. The van der Waals surface area contributed by atoms with Crippen molar-refractivity contribution in [2.24, 2.45) is 11.6 Å². The highest BCUT2D eigenvalue weighted by Gasteiger charge is 2.00. The van der Waals surface area contributed by atoms with Gasteiger partial charge in [0.15, 0.2) is 0 Å². The van der Waals surface area contributed by atoms with E-state index in [0.29, 0.717) is 5.02 Å². The number of rotatable bonds is 2. The van der Waals surface area contributed by atoms with Crippen molar-refractivity contribution in [3.05, 3.63) is 41.2 Å². The van der Waals surface area contributed by atoms with E-state index in [0.717, 1.165) is 11.3 Å². The highest BCUT2D eigenvalue weighted by atomic mass is 35.5.